The van der Waals surface area contributed by atoms with Crippen molar-refractivity contribution in [2.24, 2.45) is 5.73 Å². The Bertz CT molecular complexity index is 405. The molecule has 0 fully saturated rings. The molecule has 0 bridgehead atoms. The van der Waals surface area contributed by atoms with Gasteiger partial charge >= 0.3 is 6.36 Å². The molecule has 0 radical (unpaired) electrons. The summed E-state index contributed by atoms with van der Waals surface area (Å²) in [6, 6.07) is 0.766. The first kappa shape index (κ1) is 13.6. The van der Waals surface area contributed by atoms with Gasteiger partial charge in [-0.05, 0) is 6.92 Å². The molecule has 0 aliphatic carbocycles. The number of aromatic nitrogens is 1. The van der Waals surface area contributed by atoms with E-state index >= 15 is 0 Å². The van der Waals surface area contributed by atoms with Crippen LogP contribution in [0.4, 0.5) is 22.0 Å². The Morgan fingerprint density at radius 1 is 1.41 bits per heavy atom. The Morgan fingerprint density at radius 3 is 2.41 bits per heavy atom. The van der Waals surface area contributed by atoms with Gasteiger partial charge in [0.2, 0.25) is 0 Å². The quantitative estimate of drug-likeness (QED) is 0.846. The molecule has 0 spiro atoms. The molecule has 1 heterocycles. The maximum atomic E-state index is 12.6. The maximum absolute atomic E-state index is 12.6. The molecule has 0 unspecified atom stereocenters. The zero-order chi connectivity index (χ0) is 13.2. The third-order valence-electron chi connectivity index (χ3n) is 1.92. The zero-order valence-corrected chi connectivity index (χ0v) is 8.68. The van der Waals surface area contributed by atoms with Gasteiger partial charge in [-0.25, -0.2) is 8.78 Å². The smallest absolute Gasteiger partial charge is 0.405 e. The standard InChI is InChI=1S/C9H9F5N2O/c1-4-7(8(10)11)6(17-9(12,13)14)2-5(3-15)16-4/h2,8H,3,15H2,1H3. The third kappa shape index (κ3) is 3.52. The van der Waals surface area contributed by atoms with Crippen LogP contribution < -0.4 is 10.5 Å². The lowest BCUT2D eigenvalue weighted by Crippen LogP contribution is -2.19. The average Bonchev–Trinajstić information content (AvgIpc) is 2.13. The summed E-state index contributed by atoms with van der Waals surface area (Å²) in [6.45, 7) is 1.00. The van der Waals surface area contributed by atoms with Gasteiger partial charge in [0.05, 0.1) is 17.0 Å². The fraction of sp³-hybridized carbons (Fsp3) is 0.444. The zero-order valence-electron chi connectivity index (χ0n) is 8.68. The summed E-state index contributed by atoms with van der Waals surface area (Å²) in [6.07, 6.45) is -8.14. The fourth-order valence-electron chi connectivity index (χ4n) is 1.29. The lowest BCUT2D eigenvalue weighted by atomic mass is 10.1. The Balaban J connectivity index is 3.27. The summed E-state index contributed by atoms with van der Waals surface area (Å²) >= 11 is 0. The Morgan fingerprint density at radius 2 is 2.00 bits per heavy atom. The molecule has 0 aromatic carbocycles. The SMILES string of the molecule is Cc1nc(CN)cc(OC(F)(F)F)c1C(F)F. The third-order valence-corrected chi connectivity index (χ3v) is 1.92. The molecule has 3 nitrogen and oxygen atoms in total. The van der Waals surface area contributed by atoms with Crippen LogP contribution in [0.25, 0.3) is 0 Å². The largest absolute Gasteiger partial charge is 0.573 e. The van der Waals surface area contributed by atoms with Crippen LogP contribution in [-0.4, -0.2) is 11.3 Å². The van der Waals surface area contributed by atoms with E-state index in [4.69, 9.17) is 5.73 Å². The molecule has 8 heteroatoms. The van der Waals surface area contributed by atoms with E-state index < -0.39 is 24.1 Å². The first-order chi connectivity index (χ1) is 7.74. The van der Waals surface area contributed by atoms with E-state index in [0.717, 1.165) is 6.07 Å². The summed E-state index contributed by atoms with van der Waals surface area (Å²) in [5.41, 5.74) is 4.13. The highest BCUT2D eigenvalue weighted by Crippen LogP contribution is 2.35. The topological polar surface area (TPSA) is 48.1 Å². The fourth-order valence-corrected chi connectivity index (χ4v) is 1.29. The molecule has 1 aromatic heterocycles. The predicted molar refractivity (Wildman–Crippen MR) is 48.5 cm³/mol. The highest BCUT2D eigenvalue weighted by atomic mass is 19.4. The van der Waals surface area contributed by atoms with Gasteiger partial charge in [0, 0.05) is 12.6 Å². The second-order valence-electron chi connectivity index (χ2n) is 3.16. The lowest BCUT2D eigenvalue weighted by Gasteiger charge is -2.15. The number of aryl methyl sites for hydroxylation is 1. The first-order valence-electron chi connectivity index (χ1n) is 4.49. The van der Waals surface area contributed by atoms with Gasteiger partial charge < -0.3 is 10.5 Å². The number of halogens is 5. The monoisotopic (exact) mass is 256 g/mol. The molecule has 0 aliphatic rings. The molecule has 0 atom stereocenters. The molecule has 0 amide bonds. The number of rotatable bonds is 3. The van der Waals surface area contributed by atoms with Gasteiger partial charge in [-0.1, -0.05) is 0 Å². The van der Waals surface area contributed by atoms with Crippen LogP contribution in [0, 0.1) is 6.92 Å². The molecular formula is C9H9F5N2O. The molecule has 17 heavy (non-hydrogen) atoms. The van der Waals surface area contributed by atoms with Crippen LogP contribution in [-0.2, 0) is 6.54 Å². The van der Waals surface area contributed by atoms with E-state index in [-0.39, 0.29) is 17.9 Å². The van der Waals surface area contributed by atoms with Crippen LogP contribution in [0.3, 0.4) is 0 Å². The summed E-state index contributed by atoms with van der Waals surface area (Å²) in [5, 5.41) is 0. The number of nitrogens with two attached hydrogens (primary N) is 1. The van der Waals surface area contributed by atoms with Crippen molar-refractivity contribution in [3.8, 4) is 5.75 Å². The van der Waals surface area contributed by atoms with Crippen molar-refractivity contribution in [2.75, 3.05) is 0 Å². The summed E-state index contributed by atoms with van der Waals surface area (Å²) in [5.74, 6) is -0.958. The van der Waals surface area contributed by atoms with Crippen LogP contribution in [0.5, 0.6) is 5.75 Å². The molecule has 0 saturated heterocycles. The van der Waals surface area contributed by atoms with Crippen molar-refractivity contribution in [1.29, 1.82) is 0 Å². The Hall–Kier alpha value is -1.44. The summed E-state index contributed by atoms with van der Waals surface area (Å²) in [4.78, 5) is 3.65. The van der Waals surface area contributed by atoms with Crippen LogP contribution in [0.2, 0.25) is 0 Å². The second-order valence-corrected chi connectivity index (χ2v) is 3.16. The normalized spacial score (nSPS) is 12.0. The van der Waals surface area contributed by atoms with E-state index in [2.05, 4.69) is 9.72 Å². The highest BCUT2D eigenvalue weighted by molar-refractivity contribution is 5.39. The lowest BCUT2D eigenvalue weighted by molar-refractivity contribution is -0.275. The Kier molecular flexibility index (Phi) is 3.87. The molecule has 0 saturated carbocycles. The Labute approximate surface area is 93.4 Å². The summed E-state index contributed by atoms with van der Waals surface area (Å²) in [7, 11) is 0. The van der Waals surface area contributed by atoms with E-state index in [1.165, 1.54) is 6.92 Å². The number of hydrogen-bond donors (Lipinski definition) is 1. The minimum Gasteiger partial charge on any atom is -0.405 e. The van der Waals surface area contributed by atoms with Crippen LogP contribution in [0.15, 0.2) is 6.07 Å². The van der Waals surface area contributed by atoms with Gasteiger partial charge in [-0.2, -0.15) is 0 Å². The number of nitrogens with zero attached hydrogens (tertiary/aromatic N) is 1. The predicted octanol–water partition coefficient (Wildman–Crippen LogP) is 2.68. The van der Waals surface area contributed by atoms with Crippen molar-refractivity contribution in [1.82, 2.24) is 4.98 Å². The average molecular weight is 256 g/mol. The molecule has 0 aliphatic heterocycles. The molecule has 96 valence electrons. The van der Waals surface area contributed by atoms with Gasteiger partial charge in [0.15, 0.2) is 0 Å². The van der Waals surface area contributed by atoms with Crippen molar-refractivity contribution in [3.63, 3.8) is 0 Å². The molecular weight excluding hydrogens is 247 g/mol. The van der Waals surface area contributed by atoms with Gasteiger partial charge in [-0.3, -0.25) is 4.98 Å². The molecule has 1 aromatic rings. The molecule has 1 rings (SSSR count). The van der Waals surface area contributed by atoms with Crippen LogP contribution in [0.1, 0.15) is 23.4 Å². The van der Waals surface area contributed by atoms with E-state index in [0.29, 0.717) is 0 Å². The van der Waals surface area contributed by atoms with Crippen molar-refractivity contribution >= 4 is 0 Å². The van der Waals surface area contributed by atoms with Crippen molar-refractivity contribution < 1.29 is 26.7 Å². The van der Waals surface area contributed by atoms with E-state index in [9.17, 15) is 22.0 Å². The minimum absolute atomic E-state index is 0.0474. The van der Waals surface area contributed by atoms with Crippen molar-refractivity contribution in [2.45, 2.75) is 26.3 Å². The highest BCUT2D eigenvalue weighted by Gasteiger charge is 2.34. The number of pyridine rings is 1. The number of hydrogen-bond acceptors (Lipinski definition) is 3. The maximum Gasteiger partial charge on any atom is 0.573 e. The molecule has 2 N–H and O–H groups in total. The van der Waals surface area contributed by atoms with E-state index in [1.54, 1.807) is 0 Å². The number of alkyl halides is 5. The van der Waals surface area contributed by atoms with Gasteiger partial charge in [0.1, 0.15) is 5.75 Å². The van der Waals surface area contributed by atoms with Crippen molar-refractivity contribution in [3.05, 3.63) is 23.0 Å². The van der Waals surface area contributed by atoms with E-state index in [1.807, 2.05) is 0 Å². The second kappa shape index (κ2) is 4.82. The van der Waals surface area contributed by atoms with Gasteiger partial charge in [-0.15, -0.1) is 13.2 Å². The van der Waals surface area contributed by atoms with Crippen LogP contribution >= 0.6 is 0 Å². The van der Waals surface area contributed by atoms with Gasteiger partial charge in [0.25, 0.3) is 6.43 Å². The first-order valence-corrected chi connectivity index (χ1v) is 4.49. The number of ether oxygens (including phenoxy) is 1. The minimum atomic E-state index is -5.04. The summed E-state index contributed by atoms with van der Waals surface area (Å²) < 4.78 is 64.8.